The Kier molecular flexibility index (Phi) is 4.51. The fraction of sp³-hybridized carbons (Fsp3) is 0.579. The molecule has 6 nitrogen and oxygen atoms in total. The van der Waals surface area contributed by atoms with Gasteiger partial charge in [0.05, 0.1) is 6.54 Å². The van der Waals surface area contributed by atoms with Crippen molar-refractivity contribution in [1.82, 2.24) is 20.0 Å². The molecule has 0 aliphatic heterocycles. The molecule has 2 saturated carbocycles. The van der Waals surface area contributed by atoms with Crippen LogP contribution in [0.3, 0.4) is 0 Å². The molecule has 2 aliphatic rings. The molecule has 2 heterocycles. The summed E-state index contributed by atoms with van der Waals surface area (Å²) >= 11 is 0. The zero-order chi connectivity index (χ0) is 17.2. The molecule has 2 aromatic heterocycles. The second-order valence-electron chi connectivity index (χ2n) is 7.34. The third-order valence-corrected chi connectivity index (χ3v) is 5.13. The van der Waals surface area contributed by atoms with Crippen LogP contribution in [-0.4, -0.2) is 33.3 Å². The lowest BCUT2D eigenvalue weighted by atomic mass is 10.3. The summed E-state index contributed by atoms with van der Waals surface area (Å²) in [5.74, 6) is 3.29. The molecule has 6 heteroatoms. The first-order valence-electron chi connectivity index (χ1n) is 9.31. The highest BCUT2D eigenvalue weighted by Gasteiger charge is 2.37. The van der Waals surface area contributed by atoms with Gasteiger partial charge in [-0.05, 0) is 49.8 Å². The molecule has 2 fully saturated rings. The predicted octanol–water partition coefficient (Wildman–Crippen LogP) is 3.36. The summed E-state index contributed by atoms with van der Waals surface area (Å²) in [7, 11) is 0. The monoisotopic (exact) mass is 342 g/mol. The molecular formula is C19H26N4O2. The number of furan rings is 1. The fourth-order valence-electron chi connectivity index (χ4n) is 3.29. The van der Waals surface area contributed by atoms with Crippen LogP contribution in [0.5, 0.6) is 0 Å². The average Bonchev–Trinajstić information content (AvgIpc) is 3.46. The summed E-state index contributed by atoms with van der Waals surface area (Å²) in [5.41, 5.74) is 0. The standard InChI is InChI=1S/C19H26N4O2/c1-14-12-17(14)18-7-6-16(25-18)13-23(15-4-5-15)19(24)20-8-2-10-22-11-3-9-21-22/h3,6-7,9,11,14-15,17H,2,4-5,8,10,12-13H2,1H3,(H,20,24)/t14-,17-/m0/s1. The highest BCUT2D eigenvalue weighted by molar-refractivity contribution is 5.74. The van der Waals surface area contributed by atoms with Crippen LogP contribution in [0.4, 0.5) is 4.79 Å². The number of nitrogens with zero attached hydrogens (tertiary/aromatic N) is 3. The van der Waals surface area contributed by atoms with E-state index < -0.39 is 0 Å². The van der Waals surface area contributed by atoms with Gasteiger partial charge in [0.1, 0.15) is 11.5 Å². The molecule has 0 spiro atoms. The van der Waals surface area contributed by atoms with Crippen LogP contribution < -0.4 is 5.32 Å². The van der Waals surface area contributed by atoms with Crippen molar-refractivity contribution in [2.24, 2.45) is 5.92 Å². The highest BCUT2D eigenvalue weighted by Crippen LogP contribution is 2.47. The van der Waals surface area contributed by atoms with Crippen molar-refractivity contribution in [2.45, 2.75) is 57.7 Å². The molecule has 0 radical (unpaired) electrons. The third kappa shape index (κ3) is 4.06. The van der Waals surface area contributed by atoms with Crippen LogP contribution in [-0.2, 0) is 13.1 Å². The highest BCUT2D eigenvalue weighted by atomic mass is 16.3. The first-order chi connectivity index (χ1) is 12.2. The topological polar surface area (TPSA) is 63.3 Å². The minimum Gasteiger partial charge on any atom is -0.464 e. The van der Waals surface area contributed by atoms with Gasteiger partial charge in [0, 0.05) is 37.4 Å². The van der Waals surface area contributed by atoms with Crippen molar-refractivity contribution < 1.29 is 9.21 Å². The van der Waals surface area contributed by atoms with Crippen LogP contribution in [0.25, 0.3) is 0 Å². The van der Waals surface area contributed by atoms with E-state index in [1.54, 1.807) is 6.20 Å². The lowest BCUT2D eigenvalue weighted by molar-refractivity contribution is 0.186. The number of amides is 2. The van der Waals surface area contributed by atoms with Gasteiger partial charge in [0.25, 0.3) is 0 Å². The quantitative estimate of drug-likeness (QED) is 0.748. The maximum Gasteiger partial charge on any atom is 0.318 e. The Morgan fingerprint density at radius 3 is 2.96 bits per heavy atom. The van der Waals surface area contributed by atoms with Gasteiger partial charge < -0.3 is 14.6 Å². The summed E-state index contributed by atoms with van der Waals surface area (Å²) in [6, 6.07) is 6.39. The molecule has 4 rings (SSSR count). The molecule has 2 atom stereocenters. The number of aryl methyl sites for hydroxylation is 1. The Labute approximate surface area is 148 Å². The zero-order valence-electron chi connectivity index (χ0n) is 14.7. The largest absolute Gasteiger partial charge is 0.464 e. The number of aromatic nitrogens is 2. The molecule has 0 saturated heterocycles. The normalized spacial score (nSPS) is 22.0. The average molecular weight is 342 g/mol. The summed E-state index contributed by atoms with van der Waals surface area (Å²) in [6.45, 7) is 4.29. The Balaban J connectivity index is 1.27. The molecule has 0 aromatic carbocycles. The number of nitrogens with one attached hydrogen (secondary N) is 1. The van der Waals surface area contributed by atoms with E-state index in [1.807, 2.05) is 27.9 Å². The molecule has 134 valence electrons. The summed E-state index contributed by atoms with van der Waals surface area (Å²) in [5, 5.41) is 7.21. The Bertz CT molecular complexity index is 705. The van der Waals surface area contributed by atoms with Crippen LogP contribution in [0.2, 0.25) is 0 Å². The van der Waals surface area contributed by atoms with Crippen molar-refractivity contribution in [1.29, 1.82) is 0 Å². The summed E-state index contributed by atoms with van der Waals surface area (Å²) in [6.07, 6.45) is 7.98. The van der Waals surface area contributed by atoms with Crippen molar-refractivity contribution in [3.8, 4) is 0 Å². The number of hydrogen-bond donors (Lipinski definition) is 1. The Morgan fingerprint density at radius 1 is 1.44 bits per heavy atom. The SMILES string of the molecule is C[C@H]1C[C@@H]1c1ccc(CN(C(=O)NCCCn2cccn2)C2CC2)o1. The van der Waals surface area contributed by atoms with Gasteiger partial charge in [-0.25, -0.2) is 4.79 Å². The molecule has 25 heavy (non-hydrogen) atoms. The molecule has 2 amide bonds. The molecule has 2 aliphatic carbocycles. The van der Waals surface area contributed by atoms with Crippen molar-refractivity contribution in [2.75, 3.05) is 6.54 Å². The lowest BCUT2D eigenvalue weighted by Crippen LogP contribution is -2.41. The van der Waals surface area contributed by atoms with Gasteiger partial charge in [-0.15, -0.1) is 0 Å². The minimum absolute atomic E-state index is 0.0145. The van der Waals surface area contributed by atoms with Gasteiger partial charge in [-0.3, -0.25) is 4.68 Å². The van der Waals surface area contributed by atoms with E-state index in [4.69, 9.17) is 4.42 Å². The van der Waals surface area contributed by atoms with Crippen molar-refractivity contribution in [3.05, 3.63) is 42.1 Å². The summed E-state index contributed by atoms with van der Waals surface area (Å²) in [4.78, 5) is 14.5. The van der Waals surface area contributed by atoms with Gasteiger partial charge in [-0.2, -0.15) is 5.10 Å². The first-order valence-corrected chi connectivity index (χ1v) is 9.31. The number of urea groups is 1. The van der Waals surface area contributed by atoms with Crippen molar-refractivity contribution in [3.63, 3.8) is 0 Å². The second-order valence-corrected chi connectivity index (χ2v) is 7.34. The number of carbonyl (C=O) groups is 1. The minimum atomic E-state index is 0.0145. The number of carbonyl (C=O) groups excluding carboxylic acids is 1. The van der Waals surface area contributed by atoms with E-state index in [0.717, 1.165) is 43.2 Å². The fourth-order valence-corrected chi connectivity index (χ4v) is 3.29. The molecule has 0 bridgehead atoms. The predicted molar refractivity (Wildman–Crippen MR) is 94.0 cm³/mol. The molecular weight excluding hydrogens is 316 g/mol. The van der Waals surface area contributed by atoms with E-state index in [2.05, 4.69) is 23.4 Å². The maximum absolute atomic E-state index is 12.5. The Morgan fingerprint density at radius 2 is 2.28 bits per heavy atom. The molecule has 2 aromatic rings. The van der Waals surface area contributed by atoms with Gasteiger partial charge in [0.2, 0.25) is 0 Å². The van der Waals surface area contributed by atoms with E-state index in [1.165, 1.54) is 6.42 Å². The number of hydrogen-bond acceptors (Lipinski definition) is 3. The van der Waals surface area contributed by atoms with Gasteiger partial charge >= 0.3 is 6.03 Å². The second kappa shape index (κ2) is 6.94. The van der Waals surface area contributed by atoms with Gasteiger partial charge in [0.15, 0.2) is 0 Å². The van der Waals surface area contributed by atoms with E-state index >= 15 is 0 Å². The maximum atomic E-state index is 12.5. The van der Waals surface area contributed by atoms with Crippen LogP contribution in [0.1, 0.15) is 50.0 Å². The van der Waals surface area contributed by atoms with Crippen LogP contribution in [0, 0.1) is 5.92 Å². The summed E-state index contributed by atoms with van der Waals surface area (Å²) < 4.78 is 7.86. The first kappa shape index (κ1) is 16.2. The van der Waals surface area contributed by atoms with Gasteiger partial charge in [-0.1, -0.05) is 6.92 Å². The van der Waals surface area contributed by atoms with E-state index in [-0.39, 0.29) is 6.03 Å². The van der Waals surface area contributed by atoms with Crippen LogP contribution >= 0.6 is 0 Å². The lowest BCUT2D eigenvalue weighted by Gasteiger charge is -2.21. The molecule has 1 N–H and O–H groups in total. The van der Waals surface area contributed by atoms with E-state index in [9.17, 15) is 4.79 Å². The molecule has 0 unspecified atom stereocenters. The van der Waals surface area contributed by atoms with E-state index in [0.29, 0.717) is 25.0 Å². The number of rotatable bonds is 8. The smallest absolute Gasteiger partial charge is 0.318 e. The third-order valence-electron chi connectivity index (χ3n) is 5.13. The zero-order valence-corrected chi connectivity index (χ0v) is 14.7. The van der Waals surface area contributed by atoms with Crippen molar-refractivity contribution >= 4 is 6.03 Å². The van der Waals surface area contributed by atoms with Crippen LogP contribution in [0.15, 0.2) is 35.0 Å². The Hall–Kier alpha value is -2.24.